The molecule has 1 saturated heterocycles. The van der Waals surface area contributed by atoms with Crippen LogP contribution in [0.1, 0.15) is 16.1 Å². The number of amides is 2. The third-order valence-corrected chi connectivity index (χ3v) is 7.32. The van der Waals surface area contributed by atoms with E-state index < -0.39 is 0 Å². The minimum atomic E-state index is -0.178. The zero-order valence-electron chi connectivity index (χ0n) is 21.9. The molecule has 1 aromatic carbocycles. The van der Waals surface area contributed by atoms with Crippen LogP contribution < -0.4 is 20.1 Å². The van der Waals surface area contributed by atoms with Crippen molar-refractivity contribution in [3.63, 3.8) is 0 Å². The van der Waals surface area contributed by atoms with Gasteiger partial charge < -0.3 is 34.9 Å². The standard InChI is InChI=1S/C28H31ClN6O4/c1-4-23(36)35-13-12-34(2)15-17(35)16-39-22-14-30-10-8-18(22)25-26(24-20(32-25)9-11-31-28(24)37)33-21-7-5-6-19(29)27(21)38-3/h4-8,10,14,17,32-33H,1,9,11-13,15-16H2,2-3H3,(H,31,37)/t17-/m1/s1. The van der Waals surface area contributed by atoms with E-state index >= 15 is 0 Å². The number of para-hydroxylation sites is 1. The number of likely N-dealkylation sites (N-methyl/N-ethyl adjacent to an activating group) is 1. The first kappa shape index (κ1) is 26.6. The van der Waals surface area contributed by atoms with Crippen LogP contribution in [0.2, 0.25) is 5.02 Å². The van der Waals surface area contributed by atoms with Gasteiger partial charge in [0.1, 0.15) is 12.4 Å². The molecule has 1 fully saturated rings. The molecule has 5 rings (SSSR count). The van der Waals surface area contributed by atoms with Gasteiger partial charge >= 0.3 is 0 Å². The third kappa shape index (κ3) is 5.30. The number of rotatable bonds is 8. The van der Waals surface area contributed by atoms with Gasteiger partial charge in [-0.3, -0.25) is 14.6 Å². The first-order chi connectivity index (χ1) is 18.9. The molecule has 0 radical (unpaired) electrons. The summed E-state index contributed by atoms with van der Waals surface area (Å²) in [7, 11) is 3.57. The number of methoxy groups -OCH3 is 1. The van der Waals surface area contributed by atoms with Crippen molar-refractivity contribution in [1.29, 1.82) is 0 Å². The third-order valence-electron chi connectivity index (χ3n) is 7.02. The number of aromatic amines is 1. The number of halogens is 1. The Hall–Kier alpha value is -4.02. The van der Waals surface area contributed by atoms with Crippen molar-refractivity contribution in [3.05, 3.63) is 65.6 Å². The smallest absolute Gasteiger partial charge is 0.255 e. The van der Waals surface area contributed by atoms with E-state index in [0.717, 1.165) is 17.8 Å². The van der Waals surface area contributed by atoms with Crippen LogP contribution >= 0.6 is 11.6 Å². The highest BCUT2D eigenvalue weighted by Gasteiger charge is 2.31. The van der Waals surface area contributed by atoms with Crippen LogP contribution in [-0.4, -0.2) is 84.6 Å². The van der Waals surface area contributed by atoms with E-state index in [1.54, 1.807) is 30.5 Å². The van der Waals surface area contributed by atoms with Crippen LogP contribution in [-0.2, 0) is 11.2 Å². The van der Waals surface area contributed by atoms with Gasteiger partial charge in [-0.25, -0.2) is 0 Å². The molecule has 11 heteroatoms. The van der Waals surface area contributed by atoms with E-state index in [1.165, 1.54) is 6.08 Å². The van der Waals surface area contributed by atoms with E-state index in [9.17, 15) is 9.59 Å². The van der Waals surface area contributed by atoms with Gasteiger partial charge in [0.15, 0.2) is 5.75 Å². The van der Waals surface area contributed by atoms with E-state index in [1.807, 2.05) is 25.2 Å². The number of nitrogens with one attached hydrogen (secondary N) is 3. The zero-order chi connectivity index (χ0) is 27.5. The fraction of sp³-hybridized carbons (Fsp3) is 0.321. The fourth-order valence-corrected chi connectivity index (χ4v) is 5.36. The van der Waals surface area contributed by atoms with Crippen molar-refractivity contribution < 1.29 is 19.1 Å². The number of ether oxygens (including phenoxy) is 2. The first-order valence-electron chi connectivity index (χ1n) is 12.7. The second-order valence-corrected chi connectivity index (χ2v) is 9.92. The summed E-state index contributed by atoms with van der Waals surface area (Å²) in [4.78, 5) is 37.2. The molecule has 0 bridgehead atoms. The Labute approximate surface area is 231 Å². The maximum atomic E-state index is 13.0. The minimum Gasteiger partial charge on any atom is -0.493 e. The Morgan fingerprint density at radius 2 is 2.18 bits per heavy atom. The lowest BCUT2D eigenvalue weighted by Gasteiger charge is -2.39. The molecule has 10 nitrogen and oxygen atoms in total. The average Bonchev–Trinajstić information content (AvgIpc) is 3.31. The molecule has 0 unspecified atom stereocenters. The summed E-state index contributed by atoms with van der Waals surface area (Å²) in [6.07, 6.45) is 5.31. The Balaban J connectivity index is 1.52. The van der Waals surface area contributed by atoms with Crippen LogP contribution in [0, 0.1) is 0 Å². The molecule has 1 atom stereocenters. The lowest BCUT2D eigenvalue weighted by atomic mass is 10.0. The van der Waals surface area contributed by atoms with Crippen LogP contribution in [0.15, 0.2) is 49.3 Å². The molecule has 0 spiro atoms. The van der Waals surface area contributed by atoms with Gasteiger partial charge in [-0.1, -0.05) is 24.2 Å². The number of piperazine rings is 1. The molecule has 2 aliphatic heterocycles. The van der Waals surface area contributed by atoms with Crippen molar-refractivity contribution in [1.82, 2.24) is 25.1 Å². The van der Waals surface area contributed by atoms with E-state index in [4.69, 9.17) is 21.1 Å². The van der Waals surface area contributed by atoms with E-state index in [2.05, 4.69) is 32.1 Å². The number of hydrogen-bond donors (Lipinski definition) is 3. The number of carbonyl (C=O) groups is 2. The van der Waals surface area contributed by atoms with Gasteiger partial charge in [-0.2, -0.15) is 0 Å². The second-order valence-electron chi connectivity index (χ2n) is 9.51. The fourth-order valence-electron chi connectivity index (χ4n) is 5.10. The highest BCUT2D eigenvalue weighted by molar-refractivity contribution is 6.32. The van der Waals surface area contributed by atoms with E-state index in [-0.39, 0.29) is 24.5 Å². The Morgan fingerprint density at radius 1 is 1.33 bits per heavy atom. The van der Waals surface area contributed by atoms with Gasteiger partial charge in [-0.05, 0) is 31.3 Å². The monoisotopic (exact) mass is 550 g/mol. The minimum absolute atomic E-state index is 0.117. The largest absolute Gasteiger partial charge is 0.493 e. The predicted octanol–water partition coefficient (Wildman–Crippen LogP) is 3.48. The van der Waals surface area contributed by atoms with Crippen molar-refractivity contribution in [2.45, 2.75) is 12.5 Å². The predicted molar refractivity (Wildman–Crippen MR) is 150 cm³/mol. The second kappa shape index (κ2) is 11.4. The summed E-state index contributed by atoms with van der Waals surface area (Å²) in [6.45, 7) is 6.51. The van der Waals surface area contributed by atoms with Gasteiger partial charge in [0.05, 0.1) is 47.0 Å². The lowest BCUT2D eigenvalue weighted by molar-refractivity contribution is -0.131. The Kier molecular flexibility index (Phi) is 7.76. The van der Waals surface area contributed by atoms with E-state index in [0.29, 0.717) is 65.2 Å². The summed E-state index contributed by atoms with van der Waals surface area (Å²) in [5.74, 6) is 0.698. The molecule has 204 valence electrons. The number of fused-ring (bicyclic) bond motifs is 1. The number of H-pyrrole nitrogens is 1. The molecule has 0 saturated carbocycles. The van der Waals surface area contributed by atoms with Crippen LogP contribution in [0.25, 0.3) is 11.3 Å². The highest BCUT2D eigenvalue weighted by Crippen LogP contribution is 2.42. The Morgan fingerprint density at radius 3 is 2.97 bits per heavy atom. The quantitative estimate of drug-likeness (QED) is 0.368. The zero-order valence-corrected chi connectivity index (χ0v) is 22.7. The lowest BCUT2D eigenvalue weighted by Crippen LogP contribution is -2.55. The van der Waals surface area contributed by atoms with Gasteiger partial charge in [0.2, 0.25) is 5.91 Å². The normalized spacial score (nSPS) is 17.3. The number of aromatic nitrogens is 2. The molecular weight excluding hydrogens is 520 g/mol. The molecule has 4 heterocycles. The molecule has 3 N–H and O–H groups in total. The first-order valence-corrected chi connectivity index (χ1v) is 13.1. The molecule has 0 aliphatic carbocycles. The summed E-state index contributed by atoms with van der Waals surface area (Å²) in [5, 5.41) is 6.76. The number of hydrogen-bond acceptors (Lipinski definition) is 7. The van der Waals surface area contributed by atoms with Crippen LogP contribution in [0.4, 0.5) is 11.4 Å². The SMILES string of the molecule is C=CC(=O)N1CCN(C)C[C@@H]1COc1cnccc1-c1[nH]c2c(c1Nc1cccc(Cl)c1OC)C(=O)NCC2. The maximum Gasteiger partial charge on any atom is 0.255 e. The summed E-state index contributed by atoms with van der Waals surface area (Å²) in [5.41, 5.74) is 3.94. The van der Waals surface area contributed by atoms with Crippen LogP contribution in [0.3, 0.4) is 0 Å². The molecule has 2 amide bonds. The summed E-state index contributed by atoms with van der Waals surface area (Å²) >= 11 is 6.38. The van der Waals surface area contributed by atoms with Gasteiger partial charge in [-0.15, -0.1) is 0 Å². The number of nitrogens with zero attached hydrogens (tertiary/aromatic N) is 3. The van der Waals surface area contributed by atoms with Crippen LogP contribution in [0.5, 0.6) is 11.5 Å². The molecule has 2 aromatic heterocycles. The highest BCUT2D eigenvalue weighted by atomic mass is 35.5. The van der Waals surface area contributed by atoms with Crippen molar-refractivity contribution in [2.24, 2.45) is 0 Å². The number of benzene rings is 1. The average molecular weight is 551 g/mol. The van der Waals surface area contributed by atoms with Crippen molar-refractivity contribution in [2.75, 3.05) is 52.3 Å². The van der Waals surface area contributed by atoms with Gasteiger partial charge in [0.25, 0.3) is 5.91 Å². The molecule has 2 aliphatic rings. The molecular formula is C28H31ClN6O4. The van der Waals surface area contributed by atoms with Crippen molar-refractivity contribution in [3.8, 4) is 22.8 Å². The number of pyridine rings is 1. The number of carbonyl (C=O) groups excluding carboxylic acids is 2. The van der Waals surface area contributed by atoms with Crippen molar-refractivity contribution >= 4 is 34.8 Å². The maximum absolute atomic E-state index is 13.0. The van der Waals surface area contributed by atoms with Gasteiger partial charge in [0, 0.05) is 50.1 Å². The molecule has 39 heavy (non-hydrogen) atoms. The number of anilines is 2. The topological polar surface area (TPSA) is 112 Å². The molecule has 3 aromatic rings. The summed E-state index contributed by atoms with van der Waals surface area (Å²) in [6, 6.07) is 7.07. The summed E-state index contributed by atoms with van der Waals surface area (Å²) < 4.78 is 11.9. The Bertz CT molecular complexity index is 1410.